The fourth-order valence-electron chi connectivity index (χ4n) is 3.19. The molecule has 0 bridgehead atoms. The van der Waals surface area contributed by atoms with Crippen LogP contribution in [0.1, 0.15) is 51.2 Å². The average Bonchev–Trinajstić information content (AvgIpc) is 2.59. The summed E-state index contributed by atoms with van der Waals surface area (Å²) in [7, 11) is 0. The van der Waals surface area contributed by atoms with Crippen LogP contribution in [0.2, 0.25) is 0 Å². The largest absolute Gasteiger partial charge is 0.350 e. The molecule has 0 aromatic heterocycles. The molecule has 1 heterocycles. The quantitative estimate of drug-likeness (QED) is 0.798. The van der Waals surface area contributed by atoms with E-state index >= 15 is 0 Å². The lowest BCUT2D eigenvalue weighted by Crippen LogP contribution is -2.48. The molecule has 138 valence electrons. The number of carbonyl (C=O) groups is 2. The average molecular weight is 345 g/mol. The molecule has 0 saturated carbocycles. The van der Waals surface area contributed by atoms with Crippen molar-refractivity contribution < 1.29 is 9.59 Å². The predicted molar refractivity (Wildman–Crippen MR) is 99.9 cm³/mol. The first-order valence-electron chi connectivity index (χ1n) is 9.30. The van der Waals surface area contributed by atoms with Crippen molar-refractivity contribution >= 4 is 11.8 Å². The van der Waals surface area contributed by atoms with Crippen LogP contribution < -0.4 is 10.6 Å². The monoisotopic (exact) mass is 345 g/mol. The van der Waals surface area contributed by atoms with Crippen LogP contribution in [0.3, 0.4) is 0 Å². The van der Waals surface area contributed by atoms with Crippen LogP contribution in [0.4, 0.5) is 0 Å². The van der Waals surface area contributed by atoms with Gasteiger partial charge in [-0.2, -0.15) is 0 Å². The molecule has 1 aromatic rings. The zero-order valence-electron chi connectivity index (χ0n) is 15.7. The Morgan fingerprint density at radius 2 is 1.64 bits per heavy atom. The van der Waals surface area contributed by atoms with Crippen LogP contribution in [0.5, 0.6) is 0 Å². The van der Waals surface area contributed by atoms with Gasteiger partial charge in [-0.15, -0.1) is 0 Å². The molecule has 25 heavy (non-hydrogen) atoms. The molecular weight excluding hydrogens is 314 g/mol. The molecule has 5 nitrogen and oxygen atoms in total. The van der Waals surface area contributed by atoms with Gasteiger partial charge in [0.1, 0.15) is 6.04 Å². The van der Waals surface area contributed by atoms with E-state index in [1.807, 2.05) is 13.8 Å². The van der Waals surface area contributed by atoms with Crippen LogP contribution in [0.15, 0.2) is 24.3 Å². The molecule has 2 N–H and O–H groups in total. The Balaban J connectivity index is 1.83. The Hall–Kier alpha value is -1.88. The van der Waals surface area contributed by atoms with Crippen molar-refractivity contribution in [3.05, 3.63) is 35.4 Å². The van der Waals surface area contributed by atoms with Crippen LogP contribution in [0, 0.1) is 5.92 Å². The summed E-state index contributed by atoms with van der Waals surface area (Å²) >= 11 is 0. The van der Waals surface area contributed by atoms with Gasteiger partial charge in [0.25, 0.3) is 0 Å². The van der Waals surface area contributed by atoms with Crippen molar-refractivity contribution in [2.24, 2.45) is 5.92 Å². The Bertz CT molecular complexity index is 563. The lowest BCUT2D eigenvalue weighted by molar-refractivity contribution is -0.129. The first-order valence-corrected chi connectivity index (χ1v) is 9.30. The van der Waals surface area contributed by atoms with E-state index in [1.54, 1.807) is 0 Å². The summed E-state index contributed by atoms with van der Waals surface area (Å²) in [5, 5.41) is 5.64. The molecule has 1 aromatic carbocycles. The minimum atomic E-state index is -0.490. The highest BCUT2D eigenvalue weighted by Crippen LogP contribution is 2.13. The third kappa shape index (κ3) is 6.50. The van der Waals surface area contributed by atoms with E-state index in [2.05, 4.69) is 39.8 Å². The van der Waals surface area contributed by atoms with E-state index in [0.29, 0.717) is 6.54 Å². The number of nitrogens with zero attached hydrogens (tertiary/aromatic N) is 1. The van der Waals surface area contributed by atoms with Gasteiger partial charge in [0.15, 0.2) is 0 Å². The summed E-state index contributed by atoms with van der Waals surface area (Å²) in [6.45, 7) is 9.15. The van der Waals surface area contributed by atoms with E-state index in [4.69, 9.17) is 0 Å². The minimum Gasteiger partial charge on any atom is -0.350 e. The number of nitrogens with one attached hydrogen (secondary N) is 2. The van der Waals surface area contributed by atoms with Gasteiger partial charge in [-0.1, -0.05) is 44.5 Å². The maximum absolute atomic E-state index is 12.3. The van der Waals surface area contributed by atoms with Crippen molar-refractivity contribution in [3.8, 4) is 0 Å². The van der Waals surface area contributed by atoms with Crippen LogP contribution >= 0.6 is 0 Å². The van der Waals surface area contributed by atoms with Gasteiger partial charge >= 0.3 is 0 Å². The molecule has 0 aliphatic carbocycles. The number of amides is 2. The second kappa shape index (κ2) is 9.56. The second-order valence-electron chi connectivity index (χ2n) is 7.29. The SMILES string of the molecule is CC(=O)N[C@H](C(=O)NCc1ccc(CN2CCCCC2)cc1)C(C)C. The molecule has 0 spiro atoms. The smallest absolute Gasteiger partial charge is 0.243 e. The fourth-order valence-corrected chi connectivity index (χ4v) is 3.19. The van der Waals surface area contributed by atoms with Crippen molar-refractivity contribution in [3.63, 3.8) is 0 Å². The number of hydrogen-bond acceptors (Lipinski definition) is 3. The minimum absolute atomic E-state index is 0.0517. The van der Waals surface area contributed by atoms with Gasteiger partial charge in [0.2, 0.25) is 11.8 Å². The Morgan fingerprint density at radius 1 is 1.04 bits per heavy atom. The summed E-state index contributed by atoms with van der Waals surface area (Å²) in [6, 6.07) is 7.94. The maximum Gasteiger partial charge on any atom is 0.243 e. The molecule has 1 atom stereocenters. The number of rotatable bonds is 7. The highest BCUT2D eigenvalue weighted by Gasteiger charge is 2.22. The lowest BCUT2D eigenvalue weighted by atomic mass is 10.0. The summed E-state index contributed by atoms with van der Waals surface area (Å²) in [5.74, 6) is -0.269. The van der Waals surface area contributed by atoms with E-state index in [9.17, 15) is 9.59 Å². The predicted octanol–water partition coefficient (Wildman–Crippen LogP) is 2.45. The number of hydrogen-bond donors (Lipinski definition) is 2. The number of piperidine rings is 1. The molecule has 1 fully saturated rings. The van der Waals surface area contributed by atoms with Crippen molar-refractivity contribution in [2.75, 3.05) is 13.1 Å². The number of likely N-dealkylation sites (tertiary alicyclic amines) is 1. The van der Waals surface area contributed by atoms with Crippen molar-refractivity contribution in [1.82, 2.24) is 15.5 Å². The van der Waals surface area contributed by atoms with Crippen molar-refractivity contribution in [2.45, 2.75) is 59.2 Å². The normalized spacial score (nSPS) is 16.5. The van der Waals surface area contributed by atoms with Gasteiger partial charge in [-0.3, -0.25) is 14.5 Å². The standard InChI is InChI=1S/C20H31N3O2/c1-15(2)19(22-16(3)24)20(25)21-13-17-7-9-18(10-8-17)14-23-11-5-4-6-12-23/h7-10,15,19H,4-6,11-14H2,1-3H3,(H,21,25)(H,22,24)/t19-/m0/s1. The molecule has 2 rings (SSSR count). The molecule has 2 amide bonds. The molecular formula is C20H31N3O2. The molecule has 0 radical (unpaired) electrons. The first-order chi connectivity index (χ1) is 12.0. The summed E-state index contributed by atoms with van der Waals surface area (Å²) in [6.07, 6.45) is 3.95. The molecule has 0 unspecified atom stereocenters. The summed E-state index contributed by atoms with van der Waals surface area (Å²) < 4.78 is 0. The van der Waals surface area contributed by atoms with Crippen LogP contribution in [0.25, 0.3) is 0 Å². The topological polar surface area (TPSA) is 61.4 Å². The Kier molecular flexibility index (Phi) is 7.44. The zero-order valence-corrected chi connectivity index (χ0v) is 15.7. The van der Waals surface area contributed by atoms with Gasteiger partial charge in [0.05, 0.1) is 0 Å². The summed E-state index contributed by atoms with van der Waals surface area (Å²) in [5.41, 5.74) is 2.39. The Morgan fingerprint density at radius 3 is 2.20 bits per heavy atom. The molecule has 1 saturated heterocycles. The van der Waals surface area contributed by atoms with Crippen molar-refractivity contribution in [1.29, 1.82) is 0 Å². The Labute approximate surface area is 151 Å². The van der Waals surface area contributed by atoms with Gasteiger partial charge in [-0.05, 0) is 43.0 Å². The van der Waals surface area contributed by atoms with E-state index in [-0.39, 0.29) is 17.7 Å². The lowest BCUT2D eigenvalue weighted by Gasteiger charge is -2.26. The van der Waals surface area contributed by atoms with Crippen LogP contribution in [-0.4, -0.2) is 35.8 Å². The first kappa shape index (κ1) is 19.4. The maximum atomic E-state index is 12.3. The highest BCUT2D eigenvalue weighted by molar-refractivity contribution is 5.87. The second-order valence-corrected chi connectivity index (χ2v) is 7.29. The van der Waals surface area contributed by atoms with Crippen LogP contribution in [-0.2, 0) is 22.7 Å². The van der Waals surface area contributed by atoms with Gasteiger partial charge < -0.3 is 10.6 Å². The number of benzene rings is 1. The zero-order chi connectivity index (χ0) is 18.2. The fraction of sp³-hybridized carbons (Fsp3) is 0.600. The highest BCUT2D eigenvalue weighted by atomic mass is 16.2. The van der Waals surface area contributed by atoms with E-state index in [0.717, 1.165) is 12.1 Å². The van der Waals surface area contributed by atoms with E-state index < -0.39 is 6.04 Å². The third-order valence-corrected chi connectivity index (χ3v) is 4.65. The number of carbonyl (C=O) groups excluding carboxylic acids is 2. The molecule has 1 aliphatic heterocycles. The van der Waals surface area contributed by atoms with Gasteiger partial charge in [0, 0.05) is 20.0 Å². The summed E-state index contributed by atoms with van der Waals surface area (Å²) in [4.78, 5) is 26.0. The molecule has 5 heteroatoms. The van der Waals surface area contributed by atoms with E-state index in [1.165, 1.54) is 44.8 Å². The molecule has 1 aliphatic rings. The third-order valence-electron chi connectivity index (χ3n) is 4.65. The van der Waals surface area contributed by atoms with Gasteiger partial charge in [-0.25, -0.2) is 0 Å².